The molecule has 3 heterocycles. The molecule has 1 aromatic heterocycles. The van der Waals surface area contributed by atoms with Crippen LogP contribution in [-0.4, -0.2) is 58.6 Å². The van der Waals surface area contributed by atoms with Gasteiger partial charge in [0.05, 0.1) is 0 Å². The van der Waals surface area contributed by atoms with Gasteiger partial charge in [-0.1, -0.05) is 37.3 Å². The van der Waals surface area contributed by atoms with Gasteiger partial charge in [0.2, 0.25) is 0 Å². The van der Waals surface area contributed by atoms with E-state index in [4.69, 9.17) is 0 Å². The largest absolute Gasteiger partial charge is 0.337 e. The minimum absolute atomic E-state index is 0.0564. The molecule has 2 fully saturated rings. The molecule has 2 atom stereocenters. The number of H-pyrrole nitrogens is 1. The lowest BCUT2D eigenvalue weighted by atomic mass is 9.68. The normalized spacial score (nSPS) is 26.6. The van der Waals surface area contributed by atoms with Gasteiger partial charge in [0, 0.05) is 43.2 Å². The van der Waals surface area contributed by atoms with Crippen molar-refractivity contribution in [2.45, 2.75) is 25.7 Å². The maximum Gasteiger partial charge on any atom is 0.274 e. The number of aromatic amines is 1. The number of aryl methyl sites for hydroxylation is 1. The SMILES string of the molecule is CCN1C[C@H]2CN(C(=O)c3cc(C)[nH]n3)CC[C@]2(c2ccccc2)C1. The Hall–Kier alpha value is -2.14. The first kappa shape index (κ1) is 16.3. The highest BCUT2D eigenvalue weighted by Crippen LogP contribution is 2.45. The summed E-state index contributed by atoms with van der Waals surface area (Å²) in [5.41, 5.74) is 3.07. The highest BCUT2D eigenvalue weighted by atomic mass is 16.2. The summed E-state index contributed by atoms with van der Waals surface area (Å²) in [4.78, 5) is 17.4. The molecule has 5 heteroatoms. The lowest BCUT2D eigenvalue weighted by Gasteiger charge is -2.44. The van der Waals surface area contributed by atoms with Crippen LogP contribution in [0.4, 0.5) is 0 Å². The van der Waals surface area contributed by atoms with Gasteiger partial charge in [-0.2, -0.15) is 5.10 Å². The van der Waals surface area contributed by atoms with E-state index >= 15 is 0 Å². The Morgan fingerprint density at radius 1 is 1.32 bits per heavy atom. The number of amides is 1. The third kappa shape index (κ3) is 2.76. The van der Waals surface area contributed by atoms with Crippen LogP contribution in [0.2, 0.25) is 0 Å². The maximum absolute atomic E-state index is 12.8. The van der Waals surface area contributed by atoms with Gasteiger partial charge < -0.3 is 9.80 Å². The number of nitrogens with one attached hydrogen (secondary N) is 1. The quantitative estimate of drug-likeness (QED) is 0.935. The summed E-state index contributed by atoms with van der Waals surface area (Å²) in [7, 11) is 0. The lowest BCUT2D eigenvalue weighted by Crippen LogP contribution is -2.51. The predicted octanol–water partition coefficient (Wildman–Crippen LogP) is 2.45. The van der Waals surface area contributed by atoms with E-state index in [-0.39, 0.29) is 11.3 Å². The molecule has 0 unspecified atom stereocenters. The number of aromatic nitrogens is 2. The number of benzene rings is 1. The summed E-state index contributed by atoms with van der Waals surface area (Å²) in [6.45, 7) is 9.00. The summed E-state index contributed by atoms with van der Waals surface area (Å²) >= 11 is 0. The van der Waals surface area contributed by atoms with Crippen LogP contribution in [0.15, 0.2) is 36.4 Å². The number of hydrogen-bond acceptors (Lipinski definition) is 3. The minimum Gasteiger partial charge on any atom is -0.337 e. The first-order valence-corrected chi connectivity index (χ1v) is 9.21. The number of rotatable bonds is 3. The van der Waals surface area contributed by atoms with Crippen LogP contribution in [0.5, 0.6) is 0 Å². The van der Waals surface area contributed by atoms with Crippen LogP contribution in [-0.2, 0) is 5.41 Å². The second-order valence-electron chi connectivity index (χ2n) is 7.48. The highest BCUT2D eigenvalue weighted by molar-refractivity contribution is 5.92. The number of piperidine rings is 1. The van der Waals surface area contributed by atoms with Crippen molar-refractivity contribution in [1.29, 1.82) is 0 Å². The molecule has 0 bridgehead atoms. The predicted molar refractivity (Wildman–Crippen MR) is 97.6 cm³/mol. The third-order valence-electron chi connectivity index (χ3n) is 6.04. The van der Waals surface area contributed by atoms with Gasteiger partial charge in [-0.3, -0.25) is 9.89 Å². The fourth-order valence-corrected chi connectivity index (χ4v) is 4.64. The second-order valence-corrected chi connectivity index (χ2v) is 7.48. The zero-order valence-corrected chi connectivity index (χ0v) is 15.0. The zero-order chi connectivity index (χ0) is 17.4. The van der Waals surface area contributed by atoms with E-state index in [1.54, 1.807) is 0 Å². The van der Waals surface area contributed by atoms with E-state index < -0.39 is 0 Å². The number of carbonyl (C=O) groups is 1. The Balaban J connectivity index is 1.60. The van der Waals surface area contributed by atoms with Gasteiger partial charge in [-0.15, -0.1) is 0 Å². The van der Waals surface area contributed by atoms with Crippen molar-refractivity contribution in [2.75, 3.05) is 32.7 Å². The number of fused-ring (bicyclic) bond motifs is 1. The van der Waals surface area contributed by atoms with E-state index in [0.29, 0.717) is 11.6 Å². The smallest absolute Gasteiger partial charge is 0.274 e. The highest BCUT2D eigenvalue weighted by Gasteiger charge is 2.50. The zero-order valence-electron chi connectivity index (χ0n) is 15.0. The van der Waals surface area contributed by atoms with Crippen LogP contribution in [0.1, 0.15) is 35.1 Å². The molecule has 0 aliphatic carbocycles. The summed E-state index contributed by atoms with van der Waals surface area (Å²) in [6.07, 6.45) is 1.02. The number of hydrogen-bond donors (Lipinski definition) is 1. The monoisotopic (exact) mass is 338 g/mol. The van der Waals surface area contributed by atoms with E-state index in [1.807, 2.05) is 17.9 Å². The van der Waals surface area contributed by atoms with Gasteiger partial charge in [0.1, 0.15) is 5.69 Å². The van der Waals surface area contributed by atoms with Crippen LogP contribution in [0, 0.1) is 12.8 Å². The van der Waals surface area contributed by atoms with Crippen LogP contribution in [0.25, 0.3) is 0 Å². The molecule has 2 saturated heterocycles. The van der Waals surface area contributed by atoms with Crippen molar-refractivity contribution < 1.29 is 4.79 Å². The third-order valence-corrected chi connectivity index (χ3v) is 6.04. The fraction of sp³-hybridized carbons (Fsp3) is 0.500. The standard InChI is InChI=1S/C20H26N4O/c1-3-23-12-17-13-24(19(25)18-11-15(2)21-22-18)10-9-20(17,14-23)16-7-5-4-6-8-16/h4-8,11,17H,3,9-10,12-14H2,1-2H3,(H,21,22)/t17-,20+/m0/s1. The number of nitrogens with zero attached hydrogens (tertiary/aromatic N) is 3. The van der Waals surface area contributed by atoms with Crippen molar-refractivity contribution in [3.8, 4) is 0 Å². The second kappa shape index (κ2) is 6.30. The Morgan fingerprint density at radius 2 is 2.12 bits per heavy atom. The molecule has 2 aliphatic heterocycles. The van der Waals surface area contributed by atoms with Gasteiger partial charge in [0.15, 0.2) is 0 Å². The molecule has 0 saturated carbocycles. The summed E-state index contributed by atoms with van der Waals surface area (Å²) in [5.74, 6) is 0.536. The van der Waals surface area contributed by atoms with Crippen LogP contribution >= 0.6 is 0 Å². The van der Waals surface area contributed by atoms with Crippen molar-refractivity contribution in [3.05, 3.63) is 53.3 Å². The number of carbonyl (C=O) groups excluding carboxylic acids is 1. The Kier molecular flexibility index (Phi) is 4.12. The molecule has 0 radical (unpaired) electrons. The molecule has 5 nitrogen and oxygen atoms in total. The van der Waals surface area contributed by atoms with Crippen LogP contribution < -0.4 is 0 Å². The average Bonchev–Trinajstić information content (AvgIpc) is 3.25. The van der Waals surface area contributed by atoms with Crippen molar-refractivity contribution in [3.63, 3.8) is 0 Å². The van der Waals surface area contributed by atoms with Gasteiger partial charge in [-0.25, -0.2) is 0 Å². The molecule has 25 heavy (non-hydrogen) atoms. The Bertz CT molecular complexity index is 756. The van der Waals surface area contributed by atoms with Gasteiger partial charge in [-0.05, 0) is 31.5 Å². The van der Waals surface area contributed by atoms with E-state index in [0.717, 1.165) is 44.8 Å². The number of likely N-dealkylation sites (N-methyl/N-ethyl adjacent to an activating group) is 1. The minimum atomic E-state index is 0.0564. The molecule has 0 spiro atoms. The summed E-state index contributed by atoms with van der Waals surface area (Å²) in [6, 6.07) is 12.7. The molecule has 1 amide bonds. The Labute approximate surface area is 149 Å². The van der Waals surface area contributed by atoms with Crippen molar-refractivity contribution >= 4 is 5.91 Å². The molecule has 2 aliphatic rings. The molecule has 1 N–H and O–H groups in total. The first-order valence-electron chi connectivity index (χ1n) is 9.21. The molecular weight excluding hydrogens is 312 g/mol. The van der Waals surface area contributed by atoms with E-state index in [1.165, 1.54) is 5.56 Å². The molecule has 132 valence electrons. The van der Waals surface area contributed by atoms with Crippen LogP contribution in [0.3, 0.4) is 0 Å². The fourth-order valence-electron chi connectivity index (χ4n) is 4.64. The van der Waals surface area contributed by atoms with E-state index in [2.05, 4.69) is 52.4 Å². The van der Waals surface area contributed by atoms with Crippen molar-refractivity contribution in [1.82, 2.24) is 20.0 Å². The average molecular weight is 338 g/mol. The van der Waals surface area contributed by atoms with Gasteiger partial charge >= 0.3 is 0 Å². The molecule has 2 aromatic rings. The molecule has 4 rings (SSSR count). The summed E-state index contributed by atoms with van der Waals surface area (Å²) < 4.78 is 0. The number of likely N-dealkylation sites (tertiary alicyclic amines) is 2. The molecular formula is C20H26N4O. The first-order chi connectivity index (χ1) is 12.1. The summed E-state index contributed by atoms with van der Waals surface area (Å²) in [5, 5.41) is 7.04. The van der Waals surface area contributed by atoms with E-state index in [9.17, 15) is 4.79 Å². The maximum atomic E-state index is 12.8. The van der Waals surface area contributed by atoms with Gasteiger partial charge in [0.25, 0.3) is 5.91 Å². The van der Waals surface area contributed by atoms with Crippen molar-refractivity contribution in [2.24, 2.45) is 5.92 Å². The molecule has 1 aromatic carbocycles. The topological polar surface area (TPSA) is 52.2 Å². The lowest BCUT2D eigenvalue weighted by molar-refractivity contribution is 0.0597. The Morgan fingerprint density at radius 3 is 2.80 bits per heavy atom.